The summed E-state index contributed by atoms with van der Waals surface area (Å²) in [5.74, 6) is 0. The van der Waals surface area contributed by atoms with Crippen LogP contribution in [-0.4, -0.2) is 41.1 Å². The van der Waals surface area contributed by atoms with E-state index >= 15 is 0 Å². The van der Waals surface area contributed by atoms with E-state index in [9.17, 15) is 0 Å². The molecule has 4 rings (SSSR count). The van der Waals surface area contributed by atoms with Crippen LogP contribution >= 0.6 is 0 Å². The molecule has 1 fully saturated rings. The number of benzene rings is 1. The number of aromatic amines is 1. The Morgan fingerprint density at radius 2 is 1.71 bits per heavy atom. The van der Waals surface area contributed by atoms with E-state index in [1.165, 1.54) is 5.69 Å². The van der Waals surface area contributed by atoms with Gasteiger partial charge in [-0.15, -0.1) is 0 Å². The van der Waals surface area contributed by atoms with Gasteiger partial charge in [-0.3, -0.25) is 4.98 Å². The van der Waals surface area contributed by atoms with Crippen LogP contribution in [-0.2, 0) is 0 Å². The molecular formula is C16H17N5. The summed E-state index contributed by atoms with van der Waals surface area (Å²) in [5, 5.41) is 3.38. The largest absolute Gasteiger partial charge is 0.369 e. The number of H-pyrrole nitrogens is 1. The molecule has 21 heavy (non-hydrogen) atoms. The summed E-state index contributed by atoms with van der Waals surface area (Å²) in [6.45, 7) is 4.25. The fraction of sp³-hybridized carbons (Fsp3) is 0.250. The van der Waals surface area contributed by atoms with Crippen LogP contribution in [0, 0.1) is 0 Å². The van der Waals surface area contributed by atoms with Gasteiger partial charge in [0.25, 0.3) is 0 Å². The minimum absolute atomic E-state index is 0.832. The molecule has 2 aromatic heterocycles. The van der Waals surface area contributed by atoms with Crippen molar-refractivity contribution in [2.45, 2.75) is 0 Å². The van der Waals surface area contributed by atoms with E-state index in [0.717, 1.165) is 48.6 Å². The summed E-state index contributed by atoms with van der Waals surface area (Å²) >= 11 is 0. The van der Waals surface area contributed by atoms with Crippen LogP contribution in [0.4, 0.5) is 5.69 Å². The third-order valence-electron chi connectivity index (χ3n) is 3.92. The van der Waals surface area contributed by atoms with Gasteiger partial charge in [0, 0.05) is 50.0 Å². The second-order valence-electron chi connectivity index (χ2n) is 5.26. The van der Waals surface area contributed by atoms with E-state index in [-0.39, 0.29) is 0 Å². The lowest BCUT2D eigenvalue weighted by Crippen LogP contribution is -2.43. The van der Waals surface area contributed by atoms with Crippen molar-refractivity contribution in [1.82, 2.24) is 20.3 Å². The molecule has 0 bridgehead atoms. The van der Waals surface area contributed by atoms with Gasteiger partial charge < -0.3 is 15.2 Å². The Morgan fingerprint density at radius 3 is 2.48 bits per heavy atom. The zero-order valence-electron chi connectivity index (χ0n) is 11.7. The maximum atomic E-state index is 4.31. The van der Waals surface area contributed by atoms with Gasteiger partial charge >= 0.3 is 0 Å². The molecule has 2 N–H and O–H groups in total. The normalized spacial score (nSPS) is 15.5. The standard InChI is InChI=1S/C16H17N5/c1-3-13(21-9-7-17-8-10-21)4-2-12(1)14-11-15-16(20-14)19-6-5-18-15/h1-6,11,17H,7-10H2,(H,19,20). The van der Waals surface area contributed by atoms with Crippen molar-refractivity contribution < 1.29 is 0 Å². The van der Waals surface area contributed by atoms with E-state index < -0.39 is 0 Å². The van der Waals surface area contributed by atoms with Crippen LogP contribution in [0.15, 0.2) is 42.7 Å². The van der Waals surface area contributed by atoms with Gasteiger partial charge in [0.2, 0.25) is 0 Å². The van der Waals surface area contributed by atoms with Crippen molar-refractivity contribution in [3.8, 4) is 11.3 Å². The topological polar surface area (TPSA) is 56.8 Å². The Bertz CT molecular complexity index is 708. The van der Waals surface area contributed by atoms with E-state index in [1.807, 2.05) is 6.07 Å². The molecule has 5 heteroatoms. The van der Waals surface area contributed by atoms with E-state index in [0.29, 0.717) is 0 Å². The summed E-state index contributed by atoms with van der Waals surface area (Å²) in [6.07, 6.45) is 3.42. The molecule has 0 spiro atoms. The maximum Gasteiger partial charge on any atom is 0.156 e. The number of anilines is 1. The third kappa shape index (κ3) is 2.36. The van der Waals surface area contributed by atoms with E-state index in [2.05, 4.69) is 49.4 Å². The first-order chi connectivity index (χ1) is 10.4. The van der Waals surface area contributed by atoms with Crippen LogP contribution < -0.4 is 10.2 Å². The molecule has 0 aliphatic carbocycles. The summed E-state index contributed by atoms with van der Waals surface area (Å²) in [4.78, 5) is 14.3. The number of hydrogen-bond acceptors (Lipinski definition) is 4. The monoisotopic (exact) mass is 279 g/mol. The van der Waals surface area contributed by atoms with Gasteiger partial charge in [-0.2, -0.15) is 0 Å². The summed E-state index contributed by atoms with van der Waals surface area (Å²) in [5.41, 5.74) is 5.24. The van der Waals surface area contributed by atoms with Gasteiger partial charge in [-0.05, 0) is 23.8 Å². The number of fused-ring (bicyclic) bond motifs is 1. The Balaban J connectivity index is 1.63. The molecule has 0 radical (unpaired) electrons. The molecule has 0 saturated carbocycles. The van der Waals surface area contributed by atoms with Crippen molar-refractivity contribution >= 4 is 16.9 Å². The zero-order chi connectivity index (χ0) is 14.1. The fourth-order valence-corrected chi connectivity index (χ4v) is 2.78. The fourth-order valence-electron chi connectivity index (χ4n) is 2.78. The summed E-state index contributed by atoms with van der Waals surface area (Å²) in [7, 11) is 0. The lowest BCUT2D eigenvalue weighted by Gasteiger charge is -2.29. The minimum atomic E-state index is 0.832. The lowest BCUT2D eigenvalue weighted by molar-refractivity contribution is 0.589. The number of nitrogens with zero attached hydrogens (tertiary/aromatic N) is 3. The molecule has 3 heterocycles. The molecule has 3 aromatic rings. The number of aromatic nitrogens is 3. The van der Waals surface area contributed by atoms with Crippen LogP contribution in [0.1, 0.15) is 0 Å². The SMILES string of the molecule is c1cnc2[nH]c(-c3ccc(N4CCNCC4)cc3)cc2n1. The molecule has 5 nitrogen and oxygen atoms in total. The van der Waals surface area contributed by atoms with Gasteiger partial charge in [0.1, 0.15) is 5.52 Å². The number of rotatable bonds is 2. The molecule has 1 aliphatic rings. The predicted octanol–water partition coefficient (Wildman–Crippen LogP) is 2.03. The maximum absolute atomic E-state index is 4.31. The van der Waals surface area contributed by atoms with Crippen LogP contribution in [0.2, 0.25) is 0 Å². The Hall–Kier alpha value is -2.40. The van der Waals surface area contributed by atoms with Gasteiger partial charge in [-0.1, -0.05) is 12.1 Å². The van der Waals surface area contributed by atoms with Crippen molar-refractivity contribution in [3.63, 3.8) is 0 Å². The number of nitrogens with one attached hydrogen (secondary N) is 2. The quantitative estimate of drug-likeness (QED) is 0.753. The lowest BCUT2D eigenvalue weighted by atomic mass is 10.1. The highest BCUT2D eigenvalue weighted by atomic mass is 15.2. The van der Waals surface area contributed by atoms with Crippen molar-refractivity contribution in [3.05, 3.63) is 42.7 Å². The van der Waals surface area contributed by atoms with Crippen LogP contribution in [0.5, 0.6) is 0 Å². The van der Waals surface area contributed by atoms with Crippen molar-refractivity contribution in [2.75, 3.05) is 31.1 Å². The van der Waals surface area contributed by atoms with Gasteiger partial charge in [0.15, 0.2) is 5.65 Å². The highest BCUT2D eigenvalue weighted by Crippen LogP contribution is 2.24. The molecular weight excluding hydrogens is 262 g/mol. The van der Waals surface area contributed by atoms with Gasteiger partial charge in [-0.25, -0.2) is 4.98 Å². The molecule has 0 atom stereocenters. The first-order valence-corrected chi connectivity index (χ1v) is 7.26. The molecule has 0 unspecified atom stereocenters. The summed E-state index contributed by atoms with van der Waals surface area (Å²) < 4.78 is 0. The Morgan fingerprint density at radius 1 is 0.952 bits per heavy atom. The Labute approximate surface area is 123 Å². The Kier molecular flexibility index (Phi) is 3.05. The molecule has 106 valence electrons. The van der Waals surface area contributed by atoms with Crippen LogP contribution in [0.25, 0.3) is 22.4 Å². The average Bonchev–Trinajstić information content (AvgIpc) is 3.00. The van der Waals surface area contributed by atoms with E-state index in [4.69, 9.17) is 0 Å². The van der Waals surface area contributed by atoms with Crippen LogP contribution in [0.3, 0.4) is 0 Å². The zero-order valence-corrected chi connectivity index (χ0v) is 11.7. The number of piperazine rings is 1. The number of hydrogen-bond donors (Lipinski definition) is 2. The molecule has 0 amide bonds. The third-order valence-corrected chi connectivity index (χ3v) is 3.92. The predicted molar refractivity (Wildman–Crippen MR) is 84.4 cm³/mol. The van der Waals surface area contributed by atoms with Crippen molar-refractivity contribution in [2.24, 2.45) is 0 Å². The van der Waals surface area contributed by atoms with Gasteiger partial charge in [0.05, 0.1) is 0 Å². The minimum Gasteiger partial charge on any atom is -0.369 e. The second-order valence-corrected chi connectivity index (χ2v) is 5.26. The highest BCUT2D eigenvalue weighted by molar-refractivity contribution is 5.79. The first-order valence-electron chi connectivity index (χ1n) is 7.26. The van der Waals surface area contributed by atoms with E-state index in [1.54, 1.807) is 12.4 Å². The molecule has 1 aliphatic heterocycles. The average molecular weight is 279 g/mol. The van der Waals surface area contributed by atoms with Crippen molar-refractivity contribution in [1.29, 1.82) is 0 Å². The first kappa shape index (κ1) is 12.3. The molecule has 1 saturated heterocycles. The summed E-state index contributed by atoms with van der Waals surface area (Å²) in [6, 6.07) is 10.7. The second kappa shape index (κ2) is 5.18. The smallest absolute Gasteiger partial charge is 0.156 e. The highest BCUT2D eigenvalue weighted by Gasteiger charge is 2.11. The molecule has 1 aromatic carbocycles.